The first kappa shape index (κ1) is 14.8. The zero-order chi connectivity index (χ0) is 16.4. The van der Waals surface area contributed by atoms with Gasteiger partial charge in [-0.25, -0.2) is 4.79 Å². The normalized spacial score (nSPS) is 14.8. The smallest absolute Gasteiger partial charge is 0.319 e. The van der Waals surface area contributed by atoms with Gasteiger partial charge < -0.3 is 15.6 Å². The van der Waals surface area contributed by atoms with E-state index in [2.05, 4.69) is 33.8 Å². The van der Waals surface area contributed by atoms with E-state index in [1.54, 1.807) is 0 Å². The van der Waals surface area contributed by atoms with E-state index in [1.165, 1.54) is 18.2 Å². The summed E-state index contributed by atoms with van der Waals surface area (Å²) in [6, 6.07) is 18.5. The summed E-state index contributed by atoms with van der Waals surface area (Å²) in [4.78, 5) is 15.4. The predicted octanol–water partition coefficient (Wildman–Crippen LogP) is 4.90. The first-order valence-corrected chi connectivity index (χ1v) is 8.54. The monoisotopic (exact) mass is 319 g/mol. The molecule has 1 fully saturated rings. The fourth-order valence-corrected chi connectivity index (χ4v) is 3.38. The summed E-state index contributed by atoms with van der Waals surface area (Å²) in [5, 5.41) is 7.15. The van der Waals surface area contributed by atoms with Gasteiger partial charge in [0.05, 0.1) is 0 Å². The van der Waals surface area contributed by atoms with Crippen LogP contribution in [0.4, 0.5) is 10.5 Å². The molecule has 0 spiro atoms. The molecule has 0 saturated heterocycles. The number of aromatic nitrogens is 1. The van der Waals surface area contributed by atoms with Crippen molar-refractivity contribution in [3.8, 4) is 11.3 Å². The highest BCUT2D eigenvalue weighted by atomic mass is 16.2. The van der Waals surface area contributed by atoms with Crippen molar-refractivity contribution in [1.29, 1.82) is 0 Å². The number of carbonyl (C=O) groups excluding carboxylic acids is 1. The highest BCUT2D eigenvalue weighted by Crippen LogP contribution is 2.25. The van der Waals surface area contributed by atoms with Crippen molar-refractivity contribution < 1.29 is 4.79 Å². The lowest BCUT2D eigenvalue weighted by Crippen LogP contribution is -2.36. The summed E-state index contributed by atoms with van der Waals surface area (Å²) in [5.74, 6) is 0. The fourth-order valence-electron chi connectivity index (χ4n) is 3.38. The lowest BCUT2D eigenvalue weighted by Gasteiger charge is -2.13. The van der Waals surface area contributed by atoms with Crippen LogP contribution in [0, 0.1) is 0 Å². The standard InChI is InChI=1S/C20H21N3O/c24-20(21-16-6-2-3-7-16)22-17-11-9-14(10-12-17)19-13-15-5-1-4-8-18(15)23-19/h1,4-5,8-13,16,23H,2-3,6-7H2,(H2,21,22,24). The molecule has 3 aromatic rings. The van der Waals surface area contributed by atoms with Gasteiger partial charge in [0.25, 0.3) is 0 Å². The lowest BCUT2D eigenvalue weighted by molar-refractivity contribution is 0.248. The first-order valence-electron chi connectivity index (χ1n) is 8.54. The Morgan fingerprint density at radius 1 is 1.00 bits per heavy atom. The van der Waals surface area contributed by atoms with Gasteiger partial charge in [-0.1, -0.05) is 43.2 Å². The van der Waals surface area contributed by atoms with Crippen LogP contribution in [0.25, 0.3) is 22.2 Å². The number of hydrogen-bond donors (Lipinski definition) is 3. The molecule has 1 saturated carbocycles. The Hall–Kier alpha value is -2.75. The molecule has 1 heterocycles. The minimum Gasteiger partial charge on any atom is -0.355 e. The summed E-state index contributed by atoms with van der Waals surface area (Å²) in [6.45, 7) is 0. The number of hydrogen-bond acceptors (Lipinski definition) is 1. The van der Waals surface area contributed by atoms with E-state index in [9.17, 15) is 4.79 Å². The molecule has 0 atom stereocenters. The van der Waals surface area contributed by atoms with E-state index in [0.717, 1.165) is 35.3 Å². The molecule has 1 aliphatic rings. The van der Waals surface area contributed by atoms with Crippen LogP contribution in [0.5, 0.6) is 0 Å². The quantitative estimate of drug-likeness (QED) is 0.632. The van der Waals surface area contributed by atoms with E-state index < -0.39 is 0 Å². The molecule has 24 heavy (non-hydrogen) atoms. The van der Waals surface area contributed by atoms with Crippen molar-refractivity contribution >= 4 is 22.6 Å². The van der Waals surface area contributed by atoms with Crippen molar-refractivity contribution in [2.24, 2.45) is 0 Å². The Bertz CT molecular complexity index is 812. The number of benzene rings is 2. The van der Waals surface area contributed by atoms with Gasteiger partial charge in [0.2, 0.25) is 0 Å². The molecule has 1 aromatic heterocycles. The van der Waals surface area contributed by atoms with Crippen molar-refractivity contribution in [3.63, 3.8) is 0 Å². The maximum Gasteiger partial charge on any atom is 0.319 e. The van der Waals surface area contributed by atoms with Gasteiger partial charge in [0.1, 0.15) is 0 Å². The lowest BCUT2D eigenvalue weighted by atomic mass is 10.1. The molecule has 4 rings (SSSR count). The first-order chi connectivity index (χ1) is 11.8. The zero-order valence-electron chi connectivity index (χ0n) is 13.5. The van der Waals surface area contributed by atoms with Crippen molar-refractivity contribution in [1.82, 2.24) is 10.3 Å². The molecule has 0 aliphatic heterocycles. The third-order valence-electron chi connectivity index (χ3n) is 4.67. The van der Waals surface area contributed by atoms with Gasteiger partial charge in [-0.15, -0.1) is 0 Å². The molecule has 0 radical (unpaired) electrons. The van der Waals surface area contributed by atoms with Crippen LogP contribution in [0.1, 0.15) is 25.7 Å². The Morgan fingerprint density at radius 3 is 2.50 bits per heavy atom. The number of amides is 2. The number of H-pyrrole nitrogens is 1. The second-order valence-electron chi connectivity index (χ2n) is 6.43. The average Bonchev–Trinajstić information content (AvgIpc) is 3.24. The van der Waals surface area contributed by atoms with Gasteiger partial charge in [-0.3, -0.25) is 0 Å². The maximum absolute atomic E-state index is 12.0. The molecule has 3 N–H and O–H groups in total. The number of urea groups is 1. The van der Waals surface area contributed by atoms with E-state index in [0.29, 0.717) is 6.04 Å². The summed E-state index contributed by atoms with van der Waals surface area (Å²) < 4.78 is 0. The van der Waals surface area contributed by atoms with Crippen LogP contribution in [0.15, 0.2) is 54.6 Å². The minimum absolute atomic E-state index is 0.111. The summed E-state index contributed by atoms with van der Waals surface area (Å²) in [6.07, 6.45) is 4.60. The summed E-state index contributed by atoms with van der Waals surface area (Å²) in [5.41, 5.74) is 4.13. The predicted molar refractivity (Wildman–Crippen MR) is 98.1 cm³/mol. The molecule has 2 amide bonds. The van der Waals surface area contributed by atoms with Crippen molar-refractivity contribution in [2.75, 3.05) is 5.32 Å². The number of rotatable bonds is 3. The highest BCUT2D eigenvalue weighted by Gasteiger charge is 2.16. The van der Waals surface area contributed by atoms with Crippen LogP contribution in [-0.2, 0) is 0 Å². The third-order valence-corrected chi connectivity index (χ3v) is 4.67. The Balaban J connectivity index is 1.45. The summed E-state index contributed by atoms with van der Waals surface area (Å²) in [7, 11) is 0. The molecule has 4 nitrogen and oxygen atoms in total. The van der Waals surface area contributed by atoms with Crippen LogP contribution in [0.2, 0.25) is 0 Å². The van der Waals surface area contributed by atoms with E-state index in [4.69, 9.17) is 0 Å². The highest BCUT2D eigenvalue weighted by molar-refractivity contribution is 5.90. The molecular formula is C20H21N3O. The van der Waals surface area contributed by atoms with Crippen molar-refractivity contribution in [3.05, 3.63) is 54.6 Å². The van der Waals surface area contributed by atoms with Gasteiger partial charge in [-0.2, -0.15) is 0 Å². The van der Waals surface area contributed by atoms with E-state index >= 15 is 0 Å². The van der Waals surface area contributed by atoms with E-state index in [1.807, 2.05) is 36.4 Å². The third kappa shape index (κ3) is 3.13. The zero-order valence-corrected chi connectivity index (χ0v) is 13.5. The number of anilines is 1. The van der Waals surface area contributed by atoms with Gasteiger partial charge in [0.15, 0.2) is 0 Å². The molecule has 122 valence electrons. The SMILES string of the molecule is O=C(Nc1ccc(-c2cc3ccccc3[nH]2)cc1)NC1CCCC1. The number of carbonyl (C=O) groups is 1. The van der Waals surface area contributed by atoms with Gasteiger partial charge >= 0.3 is 6.03 Å². The van der Waals surface area contributed by atoms with Crippen LogP contribution < -0.4 is 10.6 Å². The number of aromatic amines is 1. The van der Waals surface area contributed by atoms with Crippen molar-refractivity contribution in [2.45, 2.75) is 31.7 Å². The van der Waals surface area contributed by atoms with E-state index in [-0.39, 0.29) is 6.03 Å². The topological polar surface area (TPSA) is 56.9 Å². The second-order valence-corrected chi connectivity index (χ2v) is 6.43. The molecule has 0 unspecified atom stereocenters. The molecule has 1 aliphatic carbocycles. The number of para-hydroxylation sites is 1. The maximum atomic E-state index is 12.0. The van der Waals surface area contributed by atoms with Crippen LogP contribution >= 0.6 is 0 Å². The van der Waals surface area contributed by atoms with Gasteiger partial charge in [-0.05, 0) is 42.7 Å². The largest absolute Gasteiger partial charge is 0.355 e. The average molecular weight is 319 g/mol. The summed E-state index contributed by atoms with van der Waals surface area (Å²) >= 11 is 0. The van der Waals surface area contributed by atoms with Gasteiger partial charge in [0, 0.05) is 28.3 Å². The van der Waals surface area contributed by atoms with Crippen LogP contribution in [-0.4, -0.2) is 17.1 Å². The Labute approximate surface area is 141 Å². The molecule has 4 heteroatoms. The Morgan fingerprint density at radius 2 is 1.75 bits per heavy atom. The number of nitrogens with one attached hydrogen (secondary N) is 3. The molecule has 0 bridgehead atoms. The molecular weight excluding hydrogens is 298 g/mol. The van der Waals surface area contributed by atoms with Crippen LogP contribution in [0.3, 0.4) is 0 Å². The number of fused-ring (bicyclic) bond motifs is 1. The second kappa shape index (κ2) is 6.40. The minimum atomic E-state index is -0.111. The molecule has 2 aromatic carbocycles. The fraction of sp³-hybridized carbons (Fsp3) is 0.250. The Kier molecular flexibility index (Phi) is 3.95.